The van der Waals surface area contributed by atoms with Crippen molar-refractivity contribution in [1.29, 1.82) is 0 Å². The zero-order valence-corrected chi connectivity index (χ0v) is 17.7. The summed E-state index contributed by atoms with van der Waals surface area (Å²) in [5.41, 5.74) is 9.33. The summed E-state index contributed by atoms with van der Waals surface area (Å²) >= 11 is 0. The van der Waals surface area contributed by atoms with Gasteiger partial charge in [-0.3, -0.25) is 0 Å². The molecule has 5 rings (SSSR count). The predicted octanol–water partition coefficient (Wildman–Crippen LogP) is 6.04. The highest BCUT2D eigenvalue weighted by molar-refractivity contribution is 5.66. The quantitative estimate of drug-likeness (QED) is 0.362. The molecule has 1 nitrogen and oxygen atoms in total. The van der Waals surface area contributed by atoms with Crippen molar-refractivity contribution in [3.8, 4) is 0 Å². The van der Waals surface area contributed by atoms with Crippen LogP contribution in [-0.4, -0.2) is 19.0 Å². The zero-order valence-electron chi connectivity index (χ0n) is 17.7. The molecular weight excluding hydrogens is 362 g/mol. The maximum absolute atomic E-state index is 2.41. The van der Waals surface area contributed by atoms with Gasteiger partial charge in [0.15, 0.2) is 0 Å². The highest BCUT2D eigenvalue weighted by Gasteiger charge is 2.43. The highest BCUT2D eigenvalue weighted by Crippen LogP contribution is 2.50. The van der Waals surface area contributed by atoms with Gasteiger partial charge >= 0.3 is 0 Å². The fourth-order valence-electron chi connectivity index (χ4n) is 5.18. The van der Waals surface area contributed by atoms with Crippen LogP contribution in [0.2, 0.25) is 0 Å². The lowest BCUT2D eigenvalue weighted by Crippen LogP contribution is -2.36. The normalized spacial score (nSPS) is 14.2. The molecule has 30 heavy (non-hydrogen) atoms. The van der Waals surface area contributed by atoms with Gasteiger partial charge in [-0.1, -0.05) is 103 Å². The van der Waals surface area contributed by atoms with Gasteiger partial charge in [-0.25, -0.2) is 0 Å². The van der Waals surface area contributed by atoms with E-state index in [1.165, 1.54) is 38.9 Å². The highest BCUT2D eigenvalue weighted by atomic mass is 15.0. The number of benzene rings is 4. The zero-order chi connectivity index (χ0) is 20.6. The number of hydrogen-bond donors (Lipinski definition) is 0. The van der Waals surface area contributed by atoms with Gasteiger partial charge in [0.1, 0.15) is 0 Å². The Morgan fingerprint density at radius 2 is 1.20 bits per heavy atom. The Balaban J connectivity index is 1.89. The van der Waals surface area contributed by atoms with E-state index < -0.39 is 0 Å². The van der Waals surface area contributed by atoms with Gasteiger partial charge in [-0.15, -0.1) is 0 Å². The van der Waals surface area contributed by atoms with Crippen LogP contribution in [0.1, 0.15) is 38.9 Å². The van der Waals surface area contributed by atoms with Gasteiger partial charge in [-0.2, -0.15) is 0 Å². The molecule has 0 spiro atoms. The number of nitrogens with zero attached hydrogens (tertiary/aromatic N) is 1. The Hall–Kier alpha value is -3.16. The van der Waals surface area contributed by atoms with Gasteiger partial charge in [0.05, 0.1) is 5.41 Å². The van der Waals surface area contributed by atoms with Crippen molar-refractivity contribution in [3.05, 3.63) is 142 Å². The molecule has 0 N–H and O–H groups in total. The molecule has 1 aliphatic carbocycles. The molecule has 4 aromatic rings. The van der Waals surface area contributed by atoms with E-state index in [4.69, 9.17) is 0 Å². The first-order chi connectivity index (χ1) is 14.7. The summed E-state index contributed by atoms with van der Waals surface area (Å²) in [6, 6.07) is 38.2. The molecule has 0 bridgehead atoms. The van der Waals surface area contributed by atoms with Gasteiger partial charge in [0.25, 0.3) is 0 Å². The summed E-state index contributed by atoms with van der Waals surface area (Å²) in [5.74, 6) is 0. The summed E-state index contributed by atoms with van der Waals surface area (Å²) in [6.45, 7) is 0.933. The second-order valence-electron chi connectivity index (χ2n) is 8.55. The molecule has 0 aromatic heterocycles. The standard InChI is InChI=1S/C29H27N/c1-30(2)21-22-11-10-16-26(19-22)29(25-14-4-3-5-15-25)27-17-8-6-12-23(27)20-24-13-7-9-18-28(24)29/h3-19H,20-21H2,1-2H3. The van der Waals surface area contributed by atoms with E-state index in [1.807, 2.05) is 0 Å². The minimum Gasteiger partial charge on any atom is -0.305 e. The first-order valence-corrected chi connectivity index (χ1v) is 10.7. The molecule has 0 fully saturated rings. The van der Waals surface area contributed by atoms with E-state index in [0.29, 0.717) is 0 Å². The Morgan fingerprint density at radius 1 is 0.633 bits per heavy atom. The Labute approximate surface area is 179 Å². The largest absolute Gasteiger partial charge is 0.305 e. The second-order valence-corrected chi connectivity index (χ2v) is 8.55. The fourth-order valence-corrected chi connectivity index (χ4v) is 5.18. The van der Waals surface area contributed by atoms with Crippen molar-refractivity contribution < 1.29 is 0 Å². The lowest BCUT2D eigenvalue weighted by Gasteiger charge is -2.42. The Morgan fingerprint density at radius 3 is 1.83 bits per heavy atom. The van der Waals surface area contributed by atoms with E-state index in [1.54, 1.807) is 0 Å². The fraction of sp³-hybridized carbons (Fsp3) is 0.172. The molecule has 0 heterocycles. The van der Waals surface area contributed by atoms with Gasteiger partial charge in [-0.05, 0) is 59.5 Å². The maximum atomic E-state index is 2.41. The van der Waals surface area contributed by atoms with Gasteiger partial charge in [0.2, 0.25) is 0 Å². The Bertz CT molecular complexity index is 1130. The number of rotatable bonds is 4. The van der Waals surface area contributed by atoms with Crippen LogP contribution < -0.4 is 0 Å². The van der Waals surface area contributed by atoms with Gasteiger partial charge in [0, 0.05) is 6.54 Å². The monoisotopic (exact) mass is 389 g/mol. The third-order valence-electron chi connectivity index (χ3n) is 6.29. The predicted molar refractivity (Wildman–Crippen MR) is 125 cm³/mol. The van der Waals surface area contributed by atoms with Crippen LogP contribution in [-0.2, 0) is 18.4 Å². The van der Waals surface area contributed by atoms with Crippen LogP contribution in [0.4, 0.5) is 0 Å². The van der Waals surface area contributed by atoms with Crippen molar-refractivity contribution in [1.82, 2.24) is 4.90 Å². The molecule has 0 saturated heterocycles. The first kappa shape index (κ1) is 18.8. The van der Waals surface area contributed by atoms with Crippen molar-refractivity contribution in [3.63, 3.8) is 0 Å². The van der Waals surface area contributed by atoms with Crippen LogP contribution in [0.5, 0.6) is 0 Å². The van der Waals surface area contributed by atoms with Crippen LogP contribution in [0.25, 0.3) is 0 Å². The lowest BCUT2D eigenvalue weighted by molar-refractivity contribution is 0.402. The average molecular weight is 390 g/mol. The molecule has 148 valence electrons. The Kier molecular flexibility index (Phi) is 4.77. The summed E-state index contributed by atoms with van der Waals surface area (Å²) in [7, 11) is 4.26. The molecule has 0 atom stereocenters. The number of fused-ring (bicyclic) bond motifs is 2. The number of hydrogen-bond acceptors (Lipinski definition) is 1. The van der Waals surface area contributed by atoms with Crippen molar-refractivity contribution in [2.45, 2.75) is 18.4 Å². The van der Waals surface area contributed by atoms with Crippen molar-refractivity contribution in [2.24, 2.45) is 0 Å². The topological polar surface area (TPSA) is 3.24 Å². The van der Waals surface area contributed by atoms with Crippen LogP contribution >= 0.6 is 0 Å². The summed E-state index contributed by atoms with van der Waals surface area (Å²) in [5, 5.41) is 0. The minimum atomic E-state index is -0.310. The summed E-state index contributed by atoms with van der Waals surface area (Å²) in [4.78, 5) is 2.23. The molecule has 0 unspecified atom stereocenters. The maximum Gasteiger partial charge on any atom is 0.0707 e. The molecule has 0 aliphatic heterocycles. The summed E-state index contributed by atoms with van der Waals surface area (Å²) in [6.07, 6.45) is 0.984. The third kappa shape index (κ3) is 2.98. The first-order valence-electron chi connectivity index (χ1n) is 10.7. The smallest absolute Gasteiger partial charge is 0.0707 e. The minimum absolute atomic E-state index is 0.310. The third-order valence-corrected chi connectivity index (χ3v) is 6.29. The SMILES string of the molecule is CN(C)Cc1cccc(C2(c3ccccc3)c3ccccc3Cc3ccccc32)c1. The van der Waals surface area contributed by atoms with Crippen LogP contribution in [0, 0.1) is 0 Å². The molecule has 0 amide bonds. The lowest BCUT2D eigenvalue weighted by atomic mass is 9.59. The molecule has 1 heteroatoms. The van der Waals surface area contributed by atoms with Crippen molar-refractivity contribution >= 4 is 0 Å². The average Bonchev–Trinajstić information content (AvgIpc) is 2.78. The van der Waals surface area contributed by atoms with E-state index in [0.717, 1.165) is 13.0 Å². The van der Waals surface area contributed by atoms with Crippen molar-refractivity contribution in [2.75, 3.05) is 14.1 Å². The summed E-state index contributed by atoms with van der Waals surface area (Å²) < 4.78 is 0. The van der Waals surface area contributed by atoms with E-state index in [9.17, 15) is 0 Å². The van der Waals surface area contributed by atoms with E-state index >= 15 is 0 Å². The molecule has 1 aliphatic rings. The molecule has 0 saturated carbocycles. The van der Waals surface area contributed by atoms with Gasteiger partial charge < -0.3 is 4.90 Å². The molecule has 4 aromatic carbocycles. The van der Waals surface area contributed by atoms with E-state index in [-0.39, 0.29) is 5.41 Å². The van der Waals surface area contributed by atoms with Crippen LogP contribution in [0.3, 0.4) is 0 Å². The van der Waals surface area contributed by atoms with E-state index in [2.05, 4.69) is 122 Å². The second kappa shape index (κ2) is 7.59. The molecule has 0 radical (unpaired) electrons. The molecular formula is C29H27N. The van der Waals surface area contributed by atoms with Crippen LogP contribution in [0.15, 0.2) is 103 Å².